The minimum Gasteiger partial charge on any atom is -0.367 e. The maximum Gasteiger partial charge on any atom is 0.417 e. The second-order valence-corrected chi connectivity index (χ2v) is 9.76. The van der Waals surface area contributed by atoms with E-state index < -0.39 is 34.6 Å². The molecule has 7 nitrogen and oxygen atoms in total. The molecule has 1 amide bonds. The number of hydrogen-bond donors (Lipinski definition) is 3. The summed E-state index contributed by atoms with van der Waals surface area (Å²) in [5.74, 6) is -1.49. The first kappa shape index (κ1) is 26.2. The van der Waals surface area contributed by atoms with Gasteiger partial charge in [-0.3, -0.25) is 14.5 Å². The zero-order valence-electron chi connectivity index (χ0n) is 20.5. The van der Waals surface area contributed by atoms with Crippen molar-refractivity contribution in [2.45, 2.75) is 50.9 Å². The van der Waals surface area contributed by atoms with Crippen LogP contribution in [0.2, 0.25) is 0 Å². The molecule has 2 atom stereocenters. The summed E-state index contributed by atoms with van der Waals surface area (Å²) < 4.78 is 56.1. The fourth-order valence-electron chi connectivity index (χ4n) is 5.07. The number of nitrogens with zero attached hydrogens (tertiary/aromatic N) is 2. The highest BCUT2D eigenvalue weighted by atomic mass is 19.4. The van der Waals surface area contributed by atoms with E-state index in [1.165, 1.54) is 6.07 Å². The number of nitrogens with one attached hydrogen (secondary N) is 3. The Morgan fingerprint density at radius 3 is 2.33 bits per heavy atom. The zero-order chi connectivity index (χ0) is 26.2. The number of benzene rings is 1. The SMILES string of the molecule is CC1CN(c2cc(F)c(C3CCNCC3)cc2NC(=O)c2c[nH]c(=O)cc2C(F)(F)F)C[C@@H](C)N1C. The molecule has 0 saturated carbocycles. The molecule has 0 spiro atoms. The van der Waals surface area contributed by atoms with Crippen LogP contribution in [0.4, 0.5) is 28.9 Å². The van der Waals surface area contributed by atoms with Gasteiger partial charge < -0.3 is 20.5 Å². The molecule has 1 aromatic carbocycles. The molecule has 2 fully saturated rings. The number of amides is 1. The number of rotatable bonds is 4. The van der Waals surface area contributed by atoms with E-state index in [2.05, 4.69) is 20.5 Å². The van der Waals surface area contributed by atoms with Gasteiger partial charge in [0.25, 0.3) is 5.91 Å². The summed E-state index contributed by atoms with van der Waals surface area (Å²) in [4.78, 5) is 31.0. The number of carbonyl (C=O) groups is 1. The Labute approximate surface area is 206 Å². The van der Waals surface area contributed by atoms with Crippen molar-refractivity contribution in [3.05, 3.63) is 57.3 Å². The van der Waals surface area contributed by atoms with Gasteiger partial charge in [0.05, 0.1) is 22.5 Å². The Morgan fingerprint density at radius 1 is 1.08 bits per heavy atom. The summed E-state index contributed by atoms with van der Waals surface area (Å²) in [6.07, 6.45) is -2.71. The maximum atomic E-state index is 15.4. The summed E-state index contributed by atoms with van der Waals surface area (Å²) >= 11 is 0. The highest BCUT2D eigenvalue weighted by molar-refractivity contribution is 6.07. The number of likely N-dealkylation sites (N-methyl/N-ethyl adjacent to an activating group) is 1. The van der Waals surface area contributed by atoms with Gasteiger partial charge in [0.15, 0.2) is 0 Å². The number of H-pyrrole nitrogens is 1. The summed E-state index contributed by atoms with van der Waals surface area (Å²) in [6, 6.07) is 3.59. The predicted octanol–water partition coefficient (Wildman–Crippen LogP) is 3.78. The molecule has 11 heteroatoms. The Kier molecular flexibility index (Phi) is 7.42. The Balaban J connectivity index is 1.76. The number of alkyl halides is 3. The van der Waals surface area contributed by atoms with Crippen molar-refractivity contribution < 1.29 is 22.4 Å². The Hall–Kier alpha value is -2.92. The fourth-order valence-corrected chi connectivity index (χ4v) is 5.07. The van der Waals surface area contributed by atoms with Gasteiger partial charge in [-0.15, -0.1) is 0 Å². The maximum absolute atomic E-state index is 15.4. The Bertz CT molecular complexity index is 1160. The van der Waals surface area contributed by atoms with Crippen molar-refractivity contribution in [1.29, 1.82) is 0 Å². The van der Waals surface area contributed by atoms with Crippen LogP contribution in [0.15, 0.2) is 29.2 Å². The molecule has 1 unspecified atom stereocenters. The van der Waals surface area contributed by atoms with E-state index >= 15 is 4.39 Å². The van der Waals surface area contributed by atoms with Crippen LogP contribution in [0.25, 0.3) is 0 Å². The van der Waals surface area contributed by atoms with Crippen molar-refractivity contribution in [2.24, 2.45) is 0 Å². The number of pyridine rings is 1. The molecule has 3 N–H and O–H groups in total. The molecule has 3 heterocycles. The van der Waals surface area contributed by atoms with E-state index in [0.717, 1.165) is 19.3 Å². The van der Waals surface area contributed by atoms with Crippen molar-refractivity contribution in [2.75, 3.05) is 43.4 Å². The molecular formula is C25H31F4N5O2. The van der Waals surface area contributed by atoms with Crippen molar-refractivity contribution in [1.82, 2.24) is 15.2 Å². The van der Waals surface area contributed by atoms with Crippen LogP contribution in [0, 0.1) is 5.82 Å². The Morgan fingerprint density at radius 2 is 1.72 bits per heavy atom. The molecule has 1 aromatic heterocycles. The molecule has 0 bridgehead atoms. The fraction of sp³-hybridized carbons (Fsp3) is 0.520. The largest absolute Gasteiger partial charge is 0.417 e. The number of carbonyl (C=O) groups excluding carboxylic acids is 1. The number of anilines is 2. The van der Waals surface area contributed by atoms with E-state index in [4.69, 9.17) is 0 Å². The number of halogens is 4. The molecule has 2 aromatic rings. The molecule has 4 rings (SSSR count). The predicted molar refractivity (Wildman–Crippen MR) is 130 cm³/mol. The van der Waals surface area contributed by atoms with Crippen LogP contribution in [-0.2, 0) is 6.18 Å². The average molecular weight is 510 g/mol. The normalized spacial score (nSPS) is 22.0. The smallest absolute Gasteiger partial charge is 0.367 e. The third-order valence-electron chi connectivity index (χ3n) is 7.32. The topological polar surface area (TPSA) is 80.5 Å². The number of aromatic amines is 1. The summed E-state index contributed by atoms with van der Waals surface area (Å²) in [7, 11) is 2.00. The lowest BCUT2D eigenvalue weighted by Crippen LogP contribution is -2.55. The standard InChI is InChI=1S/C25H31F4N5O2/c1-14-12-34(13-15(2)33(14)3)22-10-20(26)17(16-4-6-30-7-5-16)8-21(22)32-24(36)18-11-31-23(35)9-19(18)25(27,28)29/h8-11,14-16,30H,4-7,12-13H2,1-3H3,(H,31,35)(H,32,36)/t14-,15?/m1/s1. The second-order valence-electron chi connectivity index (χ2n) is 9.76. The van der Waals surface area contributed by atoms with E-state index in [0.29, 0.717) is 43.2 Å². The molecule has 196 valence electrons. The van der Waals surface area contributed by atoms with Crippen LogP contribution in [-0.4, -0.2) is 61.1 Å². The minimum atomic E-state index is -4.89. The lowest BCUT2D eigenvalue weighted by molar-refractivity contribution is -0.138. The number of piperidine rings is 1. The molecule has 36 heavy (non-hydrogen) atoms. The first-order valence-corrected chi connectivity index (χ1v) is 12.1. The van der Waals surface area contributed by atoms with Gasteiger partial charge in [-0.1, -0.05) is 0 Å². The average Bonchev–Trinajstić information content (AvgIpc) is 2.83. The molecule has 2 saturated heterocycles. The van der Waals surface area contributed by atoms with Gasteiger partial charge >= 0.3 is 6.18 Å². The van der Waals surface area contributed by atoms with Gasteiger partial charge in [-0.25, -0.2) is 4.39 Å². The van der Waals surface area contributed by atoms with Crippen LogP contribution < -0.4 is 21.1 Å². The number of piperazine rings is 1. The lowest BCUT2D eigenvalue weighted by atomic mass is 9.89. The summed E-state index contributed by atoms with van der Waals surface area (Å²) in [5.41, 5.74) is -1.89. The van der Waals surface area contributed by atoms with Crippen molar-refractivity contribution >= 4 is 17.3 Å². The first-order valence-electron chi connectivity index (χ1n) is 12.1. The first-order chi connectivity index (χ1) is 17.0. The van der Waals surface area contributed by atoms with Gasteiger partial charge in [-0.2, -0.15) is 13.2 Å². The molecule has 0 radical (unpaired) electrons. The molecule has 2 aliphatic heterocycles. The van der Waals surface area contributed by atoms with Crippen LogP contribution in [0.1, 0.15) is 54.1 Å². The minimum absolute atomic E-state index is 0.0693. The van der Waals surface area contributed by atoms with Gasteiger partial charge in [0.2, 0.25) is 5.56 Å². The van der Waals surface area contributed by atoms with Crippen LogP contribution in [0.5, 0.6) is 0 Å². The quantitative estimate of drug-likeness (QED) is 0.547. The second kappa shape index (κ2) is 10.2. The van der Waals surface area contributed by atoms with Crippen LogP contribution in [0.3, 0.4) is 0 Å². The summed E-state index contributed by atoms with van der Waals surface area (Å²) in [6.45, 7) is 6.65. The van der Waals surface area contributed by atoms with E-state index in [9.17, 15) is 22.8 Å². The van der Waals surface area contributed by atoms with Gasteiger partial charge in [0, 0.05) is 37.4 Å². The van der Waals surface area contributed by atoms with Crippen molar-refractivity contribution in [3.63, 3.8) is 0 Å². The molecule has 2 aliphatic rings. The molecule has 0 aliphatic carbocycles. The number of aromatic nitrogens is 1. The van der Waals surface area contributed by atoms with E-state index in [1.807, 2.05) is 25.8 Å². The van der Waals surface area contributed by atoms with Crippen molar-refractivity contribution in [3.8, 4) is 0 Å². The monoisotopic (exact) mass is 509 g/mol. The third-order valence-corrected chi connectivity index (χ3v) is 7.32. The lowest BCUT2D eigenvalue weighted by Gasteiger charge is -2.44. The van der Waals surface area contributed by atoms with E-state index in [-0.39, 0.29) is 23.7 Å². The van der Waals surface area contributed by atoms with E-state index in [1.54, 1.807) is 6.07 Å². The van der Waals surface area contributed by atoms with Gasteiger partial charge in [-0.05, 0) is 70.4 Å². The third kappa shape index (κ3) is 5.41. The van der Waals surface area contributed by atoms with Gasteiger partial charge in [0.1, 0.15) is 5.82 Å². The molecular weight excluding hydrogens is 478 g/mol. The highest BCUT2D eigenvalue weighted by Gasteiger charge is 2.36. The zero-order valence-corrected chi connectivity index (χ0v) is 20.5. The van der Waals surface area contributed by atoms with Crippen LogP contribution >= 0.6 is 0 Å². The highest BCUT2D eigenvalue weighted by Crippen LogP contribution is 2.38. The number of hydrogen-bond acceptors (Lipinski definition) is 5. The summed E-state index contributed by atoms with van der Waals surface area (Å²) in [5, 5.41) is 5.84.